The molecule has 2 aliphatic rings. The van der Waals surface area contributed by atoms with Crippen molar-refractivity contribution in [3.05, 3.63) is 35.9 Å². The summed E-state index contributed by atoms with van der Waals surface area (Å²) in [6.45, 7) is 0.114. The highest BCUT2D eigenvalue weighted by atomic mass is 16.2. The fourth-order valence-corrected chi connectivity index (χ4v) is 2.81. The summed E-state index contributed by atoms with van der Waals surface area (Å²) >= 11 is 0. The van der Waals surface area contributed by atoms with Crippen LogP contribution in [-0.2, 0) is 9.59 Å². The van der Waals surface area contributed by atoms with Crippen LogP contribution < -0.4 is 10.2 Å². The standard InChI is InChI=1S/C16H18N2O2/c19-15-11-18(14-9-5-4-8-13(14)17-15)16(20)10-12-6-2-1-3-7-12/h4-6,8-9H,1-3,7,10-11H2,(H,17,19). The Hall–Kier alpha value is -2.10. The van der Waals surface area contributed by atoms with Crippen molar-refractivity contribution in [2.75, 3.05) is 16.8 Å². The molecule has 1 aliphatic heterocycles. The fourth-order valence-electron chi connectivity index (χ4n) is 2.81. The molecule has 1 aromatic carbocycles. The van der Waals surface area contributed by atoms with Gasteiger partial charge in [-0.05, 0) is 37.8 Å². The summed E-state index contributed by atoms with van der Waals surface area (Å²) in [7, 11) is 0. The van der Waals surface area contributed by atoms with E-state index in [4.69, 9.17) is 0 Å². The zero-order chi connectivity index (χ0) is 13.9. The molecule has 2 amide bonds. The molecule has 0 spiro atoms. The molecule has 0 fully saturated rings. The SMILES string of the molecule is O=C1CN(C(=O)CC2=CCCCC2)c2ccccc2N1. The minimum Gasteiger partial charge on any atom is -0.323 e. The van der Waals surface area contributed by atoms with Gasteiger partial charge in [0.05, 0.1) is 11.4 Å². The maximum Gasteiger partial charge on any atom is 0.244 e. The van der Waals surface area contributed by atoms with E-state index in [1.165, 1.54) is 12.0 Å². The third-order valence-electron chi connectivity index (χ3n) is 3.84. The number of carbonyl (C=O) groups excluding carboxylic acids is 2. The average molecular weight is 270 g/mol. The summed E-state index contributed by atoms with van der Waals surface area (Å²) in [4.78, 5) is 25.8. The predicted octanol–water partition coefficient (Wildman–Crippen LogP) is 2.86. The van der Waals surface area contributed by atoms with Crippen molar-refractivity contribution in [1.29, 1.82) is 0 Å². The number of hydrogen-bond donors (Lipinski definition) is 1. The predicted molar refractivity (Wildman–Crippen MR) is 78.6 cm³/mol. The molecule has 3 rings (SSSR count). The van der Waals surface area contributed by atoms with E-state index in [1.807, 2.05) is 24.3 Å². The van der Waals surface area contributed by atoms with E-state index in [9.17, 15) is 9.59 Å². The van der Waals surface area contributed by atoms with Crippen LogP contribution in [0.2, 0.25) is 0 Å². The van der Waals surface area contributed by atoms with E-state index < -0.39 is 0 Å². The van der Waals surface area contributed by atoms with Crippen molar-refractivity contribution in [2.45, 2.75) is 32.1 Å². The van der Waals surface area contributed by atoms with E-state index in [-0.39, 0.29) is 18.4 Å². The van der Waals surface area contributed by atoms with Crippen molar-refractivity contribution < 1.29 is 9.59 Å². The zero-order valence-electron chi connectivity index (χ0n) is 11.4. The van der Waals surface area contributed by atoms with E-state index in [1.54, 1.807) is 4.90 Å². The van der Waals surface area contributed by atoms with Gasteiger partial charge < -0.3 is 10.2 Å². The minimum absolute atomic E-state index is 0.0143. The van der Waals surface area contributed by atoms with Crippen LogP contribution in [0.15, 0.2) is 35.9 Å². The number of allylic oxidation sites excluding steroid dienone is 1. The van der Waals surface area contributed by atoms with Gasteiger partial charge in [-0.3, -0.25) is 9.59 Å². The van der Waals surface area contributed by atoms with Crippen LogP contribution >= 0.6 is 0 Å². The van der Waals surface area contributed by atoms with Crippen molar-refractivity contribution in [1.82, 2.24) is 0 Å². The molecule has 1 N–H and O–H groups in total. The number of benzene rings is 1. The number of hydrogen-bond acceptors (Lipinski definition) is 2. The van der Waals surface area contributed by atoms with Gasteiger partial charge in [-0.15, -0.1) is 0 Å². The third-order valence-corrected chi connectivity index (χ3v) is 3.84. The Labute approximate surface area is 118 Å². The smallest absolute Gasteiger partial charge is 0.244 e. The number of para-hydroxylation sites is 2. The lowest BCUT2D eigenvalue weighted by Crippen LogP contribution is -2.42. The summed E-state index contributed by atoms with van der Waals surface area (Å²) in [5.41, 5.74) is 2.73. The van der Waals surface area contributed by atoms with E-state index >= 15 is 0 Å². The zero-order valence-corrected chi connectivity index (χ0v) is 11.4. The Morgan fingerprint density at radius 3 is 2.90 bits per heavy atom. The third kappa shape index (κ3) is 2.59. The number of anilines is 2. The molecule has 1 aromatic rings. The summed E-state index contributed by atoms with van der Waals surface area (Å²) in [5.74, 6) is -0.116. The average Bonchev–Trinajstić information content (AvgIpc) is 2.47. The van der Waals surface area contributed by atoms with E-state index in [0.717, 1.165) is 30.6 Å². The molecule has 0 saturated heterocycles. The Morgan fingerprint density at radius 2 is 2.10 bits per heavy atom. The summed E-state index contributed by atoms with van der Waals surface area (Å²) in [5, 5.41) is 2.80. The molecule has 104 valence electrons. The van der Waals surface area contributed by atoms with Gasteiger partial charge >= 0.3 is 0 Å². The molecule has 0 saturated carbocycles. The quantitative estimate of drug-likeness (QED) is 0.840. The van der Waals surface area contributed by atoms with Gasteiger partial charge in [0.1, 0.15) is 6.54 Å². The van der Waals surface area contributed by atoms with Crippen LogP contribution in [0.3, 0.4) is 0 Å². The second-order valence-corrected chi connectivity index (χ2v) is 5.33. The van der Waals surface area contributed by atoms with Crippen LogP contribution in [0.5, 0.6) is 0 Å². The molecule has 4 nitrogen and oxygen atoms in total. The molecule has 0 aromatic heterocycles. The summed E-state index contributed by atoms with van der Waals surface area (Å²) < 4.78 is 0. The largest absolute Gasteiger partial charge is 0.323 e. The van der Waals surface area contributed by atoms with Crippen molar-refractivity contribution in [2.24, 2.45) is 0 Å². The highest BCUT2D eigenvalue weighted by molar-refractivity contribution is 6.10. The van der Waals surface area contributed by atoms with Gasteiger partial charge in [0, 0.05) is 6.42 Å². The molecule has 0 atom stereocenters. The van der Waals surface area contributed by atoms with E-state index in [0.29, 0.717) is 6.42 Å². The number of rotatable bonds is 2. The Bertz CT molecular complexity index is 578. The van der Waals surface area contributed by atoms with Gasteiger partial charge in [0.15, 0.2) is 0 Å². The topological polar surface area (TPSA) is 49.4 Å². The lowest BCUT2D eigenvalue weighted by molar-refractivity contribution is -0.121. The number of fused-ring (bicyclic) bond motifs is 1. The highest BCUT2D eigenvalue weighted by Crippen LogP contribution is 2.30. The summed E-state index contributed by atoms with van der Waals surface area (Å²) in [6.07, 6.45) is 7.06. The minimum atomic E-state index is -0.130. The number of nitrogens with one attached hydrogen (secondary N) is 1. The van der Waals surface area contributed by atoms with Crippen LogP contribution in [0.25, 0.3) is 0 Å². The summed E-state index contributed by atoms with van der Waals surface area (Å²) in [6, 6.07) is 7.45. The molecule has 4 heteroatoms. The first kappa shape index (κ1) is 12.9. The maximum atomic E-state index is 12.5. The van der Waals surface area contributed by atoms with Crippen LogP contribution in [0.1, 0.15) is 32.1 Å². The van der Waals surface area contributed by atoms with Crippen LogP contribution in [0.4, 0.5) is 11.4 Å². The van der Waals surface area contributed by atoms with E-state index in [2.05, 4.69) is 11.4 Å². The molecule has 1 heterocycles. The lowest BCUT2D eigenvalue weighted by Gasteiger charge is -2.29. The molecule has 20 heavy (non-hydrogen) atoms. The molecule has 0 radical (unpaired) electrons. The molecule has 1 aliphatic carbocycles. The molecule has 0 unspecified atom stereocenters. The molecular formula is C16H18N2O2. The highest BCUT2D eigenvalue weighted by Gasteiger charge is 2.26. The van der Waals surface area contributed by atoms with Crippen molar-refractivity contribution >= 4 is 23.2 Å². The van der Waals surface area contributed by atoms with Gasteiger partial charge in [0.25, 0.3) is 0 Å². The first-order chi connectivity index (χ1) is 9.74. The Kier molecular flexibility index (Phi) is 3.54. The first-order valence-corrected chi connectivity index (χ1v) is 7.11. The molecule has 0 bridgehead atoms. The van der Waals surface area contributed by atoms with Crippen LogP contribution in [-0.4, -0.2) is 18.4 Å². The number of amides is 2. The van der Waals surface area contributed by atoms with Gasteiger partial charge in [-0.25, -0.2) is 0 Å². The van der Waals surface area contributed by atoms with Crippen molar-refractivity contribution in [3.63, 3.8) is 0 Å². The first-order valence-electron chi connectivity index (χ1n) is 7.11. The second-order valence-electron chi connectivity index (χ2n) is 5.33. The number of nitrogens with zero attached hydrogens (tertiary/aromatic N) is 1. The van der Waals surface area contributed by atoms with Crippen molar-refractivity contribution in [3.8, 4) is 0 Å². The van der Waals surface area contributed by atoms with Gasteiger partial charge in [-0.2, -0.15) is 0 Å². The maximum absolute atomic E-state index is 12.5. The lowest BCUT2D eigenvalue weighted by atomic mass is 9.96. The number of carbonyl (C=O) groups is 2. The second kappa shape index (κ2) is 5.49. The molecular weight excluding hydrogens is 252 g/mol. The monoisotopic (exact) mass is 270 g/mol. The van der Waals surface area contributed by atoms with Gasteiger partial charge in [0.2, 0.25) is 11.8 Å². The van der Waals surface area contributed by atoms with Crippen LogP contribution in [0, 0.1) is 0 Å². The normalized spacial score (nSPS) is 18.1. The van der Waals surface area contributed by atoms with Gasteiger partial charge in [-0.1, -0.05) is 23.8 Å². The Morgan fingerprint density at radius 1 is 1.25 bits per heavy atom. The Balaban J connectivity index is 1.81. The fraction of sp³-hybridized carbons (Fsp3) is 0.375.